The Bertz CT molecular complexity index is 1440. The third-order valence-corrected chi connectivity index (χ3v) is 5.70. The third kappa shape index (κ3) is 4.97. The standard InChI is InChI=1S/C26H23F3N6O/c1-4-17-6-5-11-31-24(17)34(3)35(15-21-9-8-20(14-32-21)26(27,28)29)25(36)18-7-10-22-19(13-18)12-16(2)23(30)33-22/h4-14H,1,15H2,2-3H3,(H2,30,33). The first-order valence-corrected chi connectivity index (χ1v) is 10.9. The van der Waals surface area contributed by atoms with Gasteiger partial charge >= 0.3 is 6.18 Å². The maximum atomic E-state index is 13.8. The quantitative estimate of drug-likeness (QED) is 0.369. The van der Waals surface area contributed by atoms with Crippen LogP contribution in [0.3, 0.4) is 0 Å². The number of nitrogen functional groups attached to an aromatic ring is 1. The number of nitrogens with zero attached hydrogens (tertiary/aromatic N) is 5. The van der Waals surface area contributed by atoms with Gasteiger partial charge < -0.3 is 5.73 Å². The molecule has 0 aliphatic rings. The lowest BCUT2D eigenvalue weighted by atomic mass is 10.1. The first-order chi connectivity index (χ1) is 17.1. The number of carbonyl (C=O) groups excluding carboxylic acids is 1. The molecular weight excluding hydrogens is 469 g/mol. The summed E-state index contributed by atoms with van der Waals surface area (Å²) in [7, 11) is 1.64. The number of benzene rings is 1. The summed E-state index contributed by atoms with van der Waals surface area (Å²) in [4.78, 5) is 26.4. The van der Waals surface area contributed by atoms with Gasteiger partial charge in [-0.3, -0.25) is 14.8 Å². The maximum absolute atomic E-state index is 13.8. The van der Waals surface area contributed by atoms with E-state index >= 15 is 0 Å². The lowest BCUT2D eigenvalue weighted by Crippen LogP contribution is -2.44. The van der Waals surface area contributed by atoms with Crippen LogP contribution >= 0.6 is 0 Å². The third-order valence-electron chi connectivity index (χ3n) is 5.70. The van der Waals surface area contributed by atoms with Gasteiger partial charge in [-0.25, -0.2) is 15.0 Å². The molecule has 3 aromatic heterocycles. The van der Waals surface area contributed by atoms with Gasteiger partial charge in [0.15, 0.2) is 5.82 Å². The number of carbonyl (C=O) groups is 1. The topological polar surface area (TPSA) is 88.2 Å². The molecule has 0 spiro atoms. The number of rotatable bonds is 6. The Balaban J connectivity index is 1.75. The number of anilines is 2. The summed E-state index contributed by atoms with van der Waals surface area (Å²) < 4.78 is 39.0. The van der Waals surface area contributed by atoms with Crippen molar-refractivity contribution in [2.45, 2.75) is 19.6 Å². The molecule has 1 aromatic carbocycles. The molecule has 7 nitrogen and oxygen atoms in total. The second-order valence-corrected chi connectivity index (χ2v) is 8.14. The van der Waals surface area contributed by atoms with Crippen LogP contribution in [0.2, 0.25) is 0 Å². The van der Waals surface area contributed by atoms with Crippen molar-refractivity contribution in [2.24, 2.45) is 0 Å². The number of hydrogen-bond donors (Lipinski definition) is 1. The zero-order chi connectivity index (χ0) is 26.0. The number of alkyl halides is 3. The lowest BCUT2D eigenvalue weighted by Gasteiger charge is -2.33. The molecule has 36 heavy (non-hydrogen) atoms. The molecule has 0 atom stereocenters. The van der Waals surface area contributed by atoms with Crippen LogP contribution in [0.1, 0.15) is 32.7 Å². The molecule has 2 N–H and O–H groups in total. The number of aryl methyl sites for hydroxylation is 1. The zero-order valence-corrected chi connectivity index (χ0v) is 19.6. The molecule has 0 saturated heterocycles. The van der Waals surface area contributed by atoms with E-state index in [1.165, 1.54) is 16.1 Å². The van der Waals surface area contributed by atoms with Gasteiger partial charge in [-0.15, -0.1) is 0 Å². The van der Waals surface area contributed by atoms with Crippen molar-refractivity contribution in [1.29, 1.82) is 0 Å². The van der Waals surface area contributed by atoms with E-state index in [0.717, 1.165) is 23.2 Å². The van der Waals surface area contributed by atoms with Crippen LogP contribution in [0.15, 0.2) is 67.5 Å². The molecule has 0 aliphatic carbocycles. The van der Waals surface area contributed by atoms with Crippen molar-refractivity contribution in [3.8, 4) is 0 Å². The fourth-order valence-corrected chi connectivity index (χ4v) is 3.69. The predicted octanol–water partition coefficient (Wildman–Crippen LogP) is 5.27. The first-order valence-electron chi connectivity index (χ1n) is 10.9. The van der Waals surface area contributed by atoms with Crippen LogP contribution in [0.5, 0.6) is 0 Å². The van der Waals surface area contributed by atoms with Crippen molar-refractivity contribution in [1.82, 2.24) is 20.0 Å². The van der Waals surface area contributed by atoms with Crippen molar-refractivity contribution in [3.05, 3.63) is 95.5 Å². The van der Waals surface area contributed by atoms with Crippen LogP contribution in [-0.4, -0.2) is 32.9 Å². The average molecular weight is 493 g/mol. The fraction of sp³-hybridized carbons (Fsp3) is 0.154. The van der Waals surface area contributed by atoms with Crippen LogP contribution in [0.25, 0.3) is 17.0 Å². The van der Waals surface area contributed by atoms with Crippen LogP contribution in [0.4, 0.5) is 24.8 Å². The molecular formula is C26H23F3N6O. The number of pyridine rings is 3. The van der Waals surface area contributed by atoms with E-state index in [2.05, 4.69) is 21.5 Å². The summed E-state index contributed by atoms with van der Waals surface area (Å²) >= 11 is 0. The number of hydrogen-bond acceptors (Lipinski definition) is 6. The van der Waals surface area contributed by atoms with Crippen molar-refractivity contribution in [2.75, 3.05) is 17.8 Å². The van der Waals surface area contributed by atoms with Gasteiger partial charge in [-0.05, 0) is 61.0 Å². The van der Waals surface area contributed by atoms with Crippen molar-refractivity contribution in [3.63, 3.8) is 0 Å². The van der Waals surface area contributed by atoms with Crippen molar-refractivity contribution >= 4 is 34.5 Å². The molecule has 184 valence electrons. The number of hydrazine groups is 1. The Hall–Kier alpha value is -4.47. The van der Waals surface area contributed by atoms with Crippen LogP contribution < -0.4 is 10.7 Å². The highest BCUT2D eigenvalue weighted by atomic mass is 19.4. The molecule has 0 unspecified atom stereocenters. The fourth-order valence-electron chi connectivity index (χ4n) is 3.69. The minimum Gasteiger partial charge on any atom is -0.383 e. The van der Waals surface area contributed by atoms with E-state index in [1.807, 2.05) is 13.0 Å². The van der Waals surface area contributed by atoms with Gasteiger partial charge in [0, 0.05) is 36.0 Å². The Morgan fingerprint density at radius 3 is 2.58 bits per heavy atom. The molecule has 4 aromatic rings. The second-order valence-electron chi connectivity index (χ2n) is 8.14. The number of aromatic nitrogens is 3. The summed E-state index contributed by atoms with van der Waals surface area (Å²) in [6.45, 7) is 5.52. The van der Waals surface area contributed by atoms with E-state index in [0.29, 0.717) is 28.3 Å². The first kappa shape index (κ1) is 24.6. The van der Waals surface area contributed by atoms with Gasteiger partial charge in [0.1, 0.15) is 5.82 Å². The molecule has 4 rings (SSSR count). The summed E-state index contributed by atoms with van der Waals surface area (Å²) in [6.07, 6.45) is -0.576. The molecule has 0 radical (unpaired) electrons. The lowest BCUT2D eigenvalue weighted by molar-refractivity contribution is -0.137. The maximum Gasteiger partial charge on any atom is 0.417 e. The number of nitrogens with two attached hydrogens (primary N) is 1. The molecule has 0 bridgehead atoms. The molecule has 10 heteroatoms. The highest BCUT2D eigenvalue weighted by Gasteiger charge is 2.31. The summed E-state index contributed by atoms with van der Waals surface area (Å²) in [5, 5.41) is 3.63. The van der Waals surface area contributed by atoms with E-state index in [1.54, 1.807) is 49.7 Å². The molecule has 0 aliphatic heterocycles. The Morgan fingerprint density at radius 1 is 1.14 bits per heavy atom. The molecule has 3 heterocycles. The number of fused-ring (bicyclic) bond motifs is 1. The zero-order valence-electron chi connectivity index (χ0n) is 19.6. The monoisotopic (exact) mass is 492 g/mol. The minimum atomic E-state index is -4.51. The second kappa shape index (κ2) is 9.65. The van der Waals surface area contributed by atoms with E-state index in [9.17, 15) is 18.0 Å². The number of halogens is 3. The highest BCUT2D eigenvalue weighted by molar-refractivity contribution is 5.99. The summed E-state index contributed by atoms with van der Waals surface area (Å²) in [5.74, 6) is 0.443. The van der Waals surface area contributed by atoms with Gasteiger partial charge in [0.2, 0.25) is 0 Å². The van der Waals surface area contributed by atoms with Crippen LogP contribution in [0, 0.1) is 6.92 Å². The van der Waals surface area contributed by atoms with Crippen LogP contribution in [-0.2, 0) is 12.7 Å². The molecule has 0 fully saturated rings. The highest BCUT2D eigenvalue weighted by Crippen LogP contribution is 2.29. The van der Waals surface area contributed by atoms with Gasteiger partial charge in [-0.2, -0.15) is 13.2 Å². The minimum absolute atomic E-state index is 0.0995. The normalized spacial score (nSPS) is 11.4. The van der Waals surface area contributed by atoms with E-state index < -0.39 is 17.6 Å². The molecule has 1 amide bonds. The average Bonchev–Trinajstić information content (AvgIpc) is 2.86. The smallest absolute Gasteiger partial charge is 0.383 e. The summed E-state index contributed by atoms with van der Waals surface area (Å²) in [6, 6.07) is 12.6. The summed E-state index contributed by atoms with van der Waals surface area (Å²) in [5.41, 5.74) is 7.74. The van der Waals surface area contributed by atoms with E-state index in [4.69, 9.17) is 5.73 Å². The Labute approximate surface area is 205 Å². The Morgan fingerprint density at radius 2 is 1.92 bits per heavy atom. The van der Waals surface area contributed by atoms with Gasteiger partial charge in [-0.1, -0.05) is 12.7 Å². The predicted molar refractivity (Wildman–Crippen MR) is 133 cm³/mol. The SMILES string of the molecule is C=Cc1cccnc1N(C)N(Cc1ccc(C(F)(F)F)cn1)C(=O)c1ccc2nc(N)c(C)cc2c1. The molecule has 0 saturated carbocycles. The Kier molecular flexibility index (Phi) is 6.61. The van der Waals surface area contributed by atoms with E-state index in [-0.39, 0.29) is 12.2 Å². The number of amides is 1. The van der Waals surface area contributed by atoms with Gasteiger partial charge in [0.05, 0.1) is 23.3 Å². The van der Waals surface area contributed by atoms with Crippen molar-refractivity contribution < 1.29 is 18.0 Å². The largest absolute Gasteiger partial charge is 0.417 e. The van der Waals surface area contributed by atoms with Gasteiger partial charge in [0.25, 0.3) is 5.91 Å².